The van der Waals surface area contributed by atoms with Crippen LogP contribution in [-0.4, -0.2) is 26.9 Å². The quantitative estimate of drug-likeness (QED) is 0.655. The van der Waals surface area contributed by atoms with Crippen LogP contribution in [0.1, 0.15) is 24.8 Å². The Morgan fingerprint density at radius 3 is 2.68 bits per heavy atom. The van der Waals surface area contributed by atoms with E-state index in [4.69, 9.17) is 11.6 Å². The molecule has 2 rings (SSSR count). The molecule has 116 valence electrons. The number of carbonyl (C=O) groups excluding carboxylic acids is 2. The number of carbonyl (C=O) groups is 2. The van der Waals surface area contributed by atoms with E-state index in [0.29, 0.717) is 5.56 Å². The van der Waals surface area contributed by atoms with Crippen LogP contribution in [0.15, 0.2) is 23.3 Å². The number of hydrazone groups is 1. The maximum Gasteiger partial charge on any atom is 0.269 e. The molecule has 1 aromatic carbocycles. The minimum absolute atomic E-state index is 0.142. The van der Waals surface area contributed by atoms with E-state index < -0.39 is 10.3 Å². The third-order valence-electron chi connectivity index (χ3n) is 2.71. The van der Waals surface area contributed by atoms with Gasteiger partial charge in [0, 0.05) is 36.6 Å². The predicted molar refractivity (Wildman–Crippen MR) is 82.2 cm³/mol. The molecule has 2 amide bonds. The minimum atomic E-state index is -0.674. The molecule has 10 heteroatoms. The van der Waals surface area contributed by atoms with Crippen LogP contribution in [0, 0.1) is 10.1 Å². The fourth-order valence-corrected chi connectivity index (χ4v) is 3.25. The zero-order valence-electron chi connectivity index (χ0n) is 11.6. The summed E-state index contributed by atoms with van der Waals surface area (Å²) < 4.78 is 0. The van der Waals surface area contributed by atoms with Gasteiger partial charge >= 0.3 is 0 Å². The zero-order valence-corrected chi connectivity index (χ0v) is 13.1. The Bertz CT molecular complexity index is 694. The lowest BCUT2D eigenvalue weighted by Gasteiger charge is -2.19. The summed E-state index contributed by atoms with van der Waals surface area (Å²) in [4.78, 5) is 33.2. The van der Waals surface area contributed by atoms with Crippen LogP contribution in [0.5, 0.6) is 0 Å². The number of hydrogen-bond donors (Lipinski definition) is 1. The summed E-state index contributed by atoms with van der Waals surface area (Å²) in [7, 11) is 0. The SMILES string of the molecule is CC(=O)NC1=NN(C(C)=O)C(c2cc([N+](=O)[O-])ccc2Cl)S1. The van der Waals surface area contributed by atoms with Gasteiger partial charge in [-0.15, -0.1) is 5.10 Å². The van der Waals surface area contributed by atoms with Gasteiger partial charge in [0.15, 0.2) is 5.17 Å². The highest BCUT2D eigenvalue weighted by molar-refractivity contribution is 8.14. The van der Waals surface area contributed by atoms with Crippen molar-refractivity contribution in [3.63, 3.8) is 0 Å². The molecule has 0 aliphatic carbocycles. The molecule has 0 saturated heterocycles. The number of halogens is 1. The zero-order chi connectivity index (χ0) is 16.4. The molecular formula is C12H11ClN4O4S. The van der Waals surface area contributed by atoms with E-state index in [-0.39, 0.29) is 27.7 Å². The van der Waals surface area contributed by atoms with Crippen molar-refractivity contribution in [1.82, 2.24) is 10.3 Å². The van der Waals surface area contributed by atoms with Crippen LogP contribution in [-0.2, 0) is 9.59 Å². The average molecular weight is 343 g/mol. The highest BCUT2D eigenvalue weighted by Gasteiger charge is 2.34. The summed E-state index contributed by atoms with van der Waals surface area (Å²) in [6.07, 6.45) is 0. The first kappa shape index (κ1) is 16.2. The van der Waals surface area contributed by atoms with Crippen LogP contribution in [0.2, 0.25) is 5.02 Å². The van der Waals surface area contributed by atoms with E-state index >= 15 is 0 Å². The number of nitro groups is 1. The number of amidine groups is 1. The first-order chi connectivity index (χ1) is 10.3. The Morgan fingerprint density at radius 1 is 1.45 bits per heavy atom. The van der Waals surface area contributed by atoms with Gasteiger partial charge in [0.25, 0.3) is 5.69 Å². The lowest BCUT2D eigenvalue weighted by atomic mass is 10.2. The molecule has 8 nitrogen and oxygen atoms in total. The number of nitro benzene ring substituents is 1. The molecule has 1 atom stereocenters. The highest BCUT2D eigenvalue weighted by atomic mass is 35.5. The van der Waals surface area contributed by atoms with Gasteiger partial charge in [-0.05, 0) is 6.07 Å². The van der Waals surface area contributed by atoms with Crippen LogP contribution < -0.4 is 5.32 Å². The molecule has 0 radical (unpaired) electrons. The number of hydrogen-bond acceptors (Lipinski definition) is 6. The first-order valence-electron chi connectivity index (χ1n) is 6.06. The number of rotatable bonds is 2. The summed E-state index contributed by atoms with van der Waals surface area (Å²) in [5.74, 6) is -0.707. The Labute approximate surface area is 134 Å². The number of amides is 2. The topological polar surface area (TPSA) is 105 Å². The van der Waals surface area contributed by atoms with E-state index in [1.807, 2.05) is 0 Å². The summed E-state index contributed by atoms with van der Waals surface area (Å²) in [6, 6.07) is 3.96. The molecule has 1 heterocycles. The summed E-state index contributed by atoms with van der Waals surface area (Å²) in [5.41, 5.74) is 0.233. The molecule has 1 aliphatic rings. The lowest BCUT2D eigenvalue weighted by Crippen LogP contribution is -2.25. The molecule has 0 bridgehead atoms. The molecule has 1 unspecified atom stereocenters. The monoisotopic (exact) mass is 342 g/mol. The van der Waals surface area contributed by atoms with Crippen molar-refractivity contribution in [3.05, 3.63) is 38.9 Å². The minimum Gasteiger partial charge on any atom is -0.304 e. The lowest BCUT2D eigenvalue weighted by molar-refractivity contribution is -0.384. The van der Waals surface area contributed by atoms with Crippen LogP contribution in [0.3, 0.4) is 0 Å². The summed E-state index contributed by atoms with van der Waals surface area (Å²) in [6.45, 7) is 2.62. The molecule has 0 spiro atoms. The van der Waals surface area contributed by atoms with Crippen LogP contribution in [0.25, 0.3) is 0 Å². The second kappa shape index (κ2) is 6.32. The summed E-state index contributed by atoms with van der Waals surface area (Å²) >= 11 is 7.17. The predicted octanol–water partition coefficient (Wildman–Crippen LogP) is 2.25. The van der Waals surface area contributed by atoms with Gasteiger partial charge in [0.05, 0.1) is 4.92 Å². The van der Waals surface area contributed by atoms with Crippen molar-refractivity contribution in [2.75, 3.05) is 0 Å². The fraction of sp³-hybridized carbons (Fsp3) is 0.250. The average Bonchev–Trinajstić information content (AvgIpc) is 2.81. The van der Waals surface area contributed by atoms with E-state index in [0.717, 1.165) is 16.8 Å². The highest BCUT2D eigenvalue weighted by Crippen LogP contribution is 2.42. The van der Waals surface area contributed by atoms with Gasteiger partial charge in [0.2, 0.25) is 11.8 Å². The molecule has 0 fully saturated rings. The van der Waals surface area contributed by atoms with Crippen LogP contribution in [0.4, 0.5) is 5.69 Å². The van der Waals surface area contributed by atoms with Gasteiger partial charge in [0.1, 0.15) is 5.37 Å². The second-order valence-corrected chi connectivity index (χ2v) is 5.86. The molecule has 1 aliphatic heterocycles. The maximum atomic E-state index is 11.7. The standard InChI is InChI=1S/C12H11ClN4O4S/c1-6(18)14-12-15-16(7(2)19)11(22-12)9-5-8(17(20)21)3-4-10(9)13/h3-5,11H,1-2H3,(H,14,15,18). The second-order valence-electron chi connectivity index (χ2n) is 4.38. The molecule has 22 heavy (non-hydrogen) atoms. The number of nitrogens with zero attached hydrogens (tertiary/aromatic N) is 3. The normalized spacial score (nSPS) is 17.1. The smallest absolute Gasteiger partial charge is 0.269 e. The third kappa shape index (κ3) is 3.37. The largest absolute Gasteiger partial charge is 0.304 e. The van der Waals surface area contributed by atoms with Crippen molar-refractivity contribution in [2.24, 2.45) is 5.10 Å². The molecular weight excluding hydrogens is 332 g/mol. The van der Waals surface area contributed by atoms with Crippen LogP contribution >= 0.6 is 23.4 Å². The molecule has 1 aromatic rings. The summed E-state index contributed by atoms with van der Waals surface area (Å²) in [5, 5.41) is 18.3. The van der Waals surface area contributed by atoms with E-state index in [1.54, 1.807) is 0 Å². The van der Waals surface area contributed by atoms with Crippen molar-refractivity contribution < 1.29 is 14.5 Å². The maximum absolute atomic E-state index is 11.7. The van der Waals surface area contributed by atoms with Crippen molar-refractivity contribution in [2.45, 2.75) is 19.2 Å². The number of non-ortho nitro benzene ring substituents is 1. The number of benzene rings is 1. The van der Waals surface area contributed by atoms with Gasteiger partial charge in [-0.3, -0.25) is 19.7 Å². The Hall–Kier alpha value is -2.13. The molecule has 1 N–H and O–H groups in total. The Balaban J connectivity index is 2.39. The number of thioether (sulfide) groups is 1. The van der Waals surface area contributed by atoms with Gasteiger partial charge in [-0.25, -0.2) is 5.01 Å². The van der Waals surface area contributed by atoms with Crippen molar-refractivity contribution >= 4 is 46.0 Å². The van der Waals surface area contributed by atoms with Gasteiger partial charge in [-0.2, -0.15) is 0 Å². The van der Waals surface area contributed by atoms with Gasteiger partial charge in [-0.1, -0.05) is 23.4 Å². The van der Waals surface area contributed by atoms with Gasteiger partial charge < -0.3 is 5.32 Å². The van der Waals surface area contributed by atoms with E-state index in [9.17, 15) is 19.7 Å². The fourth-order valence-electron chi connectivity index (χ4n) is 1.80. The molecule has 0 aromatic heterocycles. The van der Waals surface area contributed by atoms with Crippen molar-refractivity contribution in [1.29, 1.82) is 0 Å². The van der Waals surface area contributed by atoms with Crippen molar-refractivity contribution in [3.8, 4) is 0 Å². The third-order valence-corrected chi connectivity index (χ3v) is 4.13. The van der Waals surface area contributed by atoms with E-state index in [1.165, 1.54) is 32.0 Å². The Morgan fingerprint density at radius 2 is 2.14 bits per heavy atom. The molecule has 0 saturated carbocycles. The Kier molecular flexibility index (Phi) is 4.67. The first-order valence-corrected chi connectivity index (χ1v) is 7.32. The number of nitrogens with one attached hydrogen (secondary N) is 1. The van der Waals surface area contributed by atoms with E-state index in [2.05, 4.69) is 10.4 Å².